The fourth-order valence-corrected chi connectivity index (χ4v) is 1.34. The van der Waals surface area contributed by atoms with Crippen molar-refractivity contribution in [3.05, 3.63) is 0 Å². The fraction of sp³-hybridized carbons (Fsp3) is 0.929. The maximum atomic E-state index is 11.6. The Morgan fingerprint density at radius 2 is 1.71 bits per heavy atom. The SMILES string of the molecule is CCC(C)(C)C(=O)OCCCCCC(C)(C)O. The standard InChI is InChI=1S/C14H28O3/c1-6-13(2,3)12(15)17-11-9-7-8-10-14(4,5)16/h16H,6-11H2,1-5H3. The van der Waals surface area contributed by atoms with Crippen LogP contribution in [0, 0.1) is 5.41 Å². The van der Waals surface area contributed by atoms with Gasteiger partial charge < -0.3 is 9.84 Å². The van der Waals surface area contributed by atoms with Gasteiger partial charge in [-0.3, -0.25) is 4.79 Å². The number of esters is 1. The van der Waals surface area contributed by atoms with Crippen molar-refractivity contribution in [2.45, 2.75) is 72.3 Å². The topological polar surface area (TPSA) is 46.5 Å². The first-order chi connectivity index (χ1) is 7.69. The highest BCUT2D eigenvalue weighted by Crippen LogP contribution is 2.21. The lowest BCUT2D eigenvalue weighted by Gasteiger charge is -2.20. The summed E-state index contributed by atoms with van der Waals surface area (Å²) in [6.45, 7) is 9.93. The number of carbonyl (C=O) groups excluding carboxylic acids is 1. The van der Waals surface area contributed by atoms with Gasteiger partial charge in [-0.15, -0.1) is 0 Å². The van der Waals surface area contributed by atoms with Crippen molar-refractivity contribution in [3.8, 4) is 0 Å². The minimum atomic E-state index is -0.582. The number of hydrogen-bond donors (Lipinski definition) is 1. The molecular formula is C14H28O3. The number of carbonyl (C=O) groups is 1. The van der Waals surface area contributed by atoms with E-state index in [0.717, 1.165) is 32.1 Å². The number of rotatable bonds is 8. The zero-order valence-electron chi connectivity index (χ0n) is 12.0. The number of aliphatic hydroxyl groups is 1. The van der Waals surface area contributed by atoms with Crippen LogP contribution in [0.2, 0.25) is 0 Å². The molecule has 0 atom stereocenters. The Morgan fingerprint density at radius 1 is 1.12 bits per heavy atom. The van der Waals surface area contributed by atoms with E-state index in [1.165, 1.54) is 0 Å². The Kier molecular flexibility index (Phi) is 6.76. The van der Waals surface area contributed by atoms with Crippen molar-refractivity contribution in [2.24, 2.45) is 5.41 Å². The van der Waals surface area contributed by atoms with Crippen LogP contribution in [0.3, 0.4) is 0 Å². The predicted molar refractivity (Wildman–Crippen MR) is 69.8 cm³/mol. The molecule has 0 rings (SSSR count). The monoisotopic (exact) mass is 244 g/mol. The lowest BCUT2D eigenvalue weighted by atomic mass is 9.91. The molecule has 3 nitrogen and oxygen atoms in total. The van der Waals surface area contributed by atoms with Crippen LogP contribution >= 0.6 is 0 Å². The third-order valence-electron chi connectivity index (χ3n) is 3.10. The van der Waals surface area contributed by atoms with Crippen LogP contribution in [0.25, 0.3) is 0 Å². The molecule has 0 aliphatic heterocycles. The highest BCUT2D eigenvalue weighted by Gasteiger charge is 2.26. The summed E-state index contributed by atoms with van der Waals surface area (Å²) in [7, 11) is 0. The van der Waals surface area contributed by atoms with Crippen LogP contribution in [-0.4, -0.2) is 23.3 Å². The van der Waals surface area contributed by atoms with Crippen molar-refractivity contribution in [1.29, 1.82) is 0 Å². The Morgan fingerprint density at radius 3 is 2.18 bits per heavy atom. The third-order valence-corrected chi connectivity index (χ3v) is 3.10. The quantitative estimate of drug-likeness (QED) is 0.526. The van der Waals surface area contributed by atoms with Crippen molar-refractivity contribution in [1.82, 2.24) is 0 Å². The van der Waals surface area contributed by atoms with E-state index < -0.39 is 5.60 Å². The molecule has 0 aromatic heterocycles. The Balaban J connectivity index is 3.56. The zero-order valence-corrected chi connectivity index (χ0v) is 12.0. The molecule has 0 aromatic rings. The molecule has 0 amide bonds. The van der Waals surface area contributed by atoms with Gasteiger partial charge in [-0.25, -0.2) is 0 Å². The van der Waals surface area contributed by atoms with E-state index in [-0.39, 0.29) is 11.4 Å². The maximum absolute atomic E-state index is 11.6. The first kappa shape index (κ1) is 16.4. The highest BCUT2D eigenvalue weighted by atomic mass is 16.5. The van der Waals surface area contributed by atoms with Crippen molar-refractivity contribution in [3.63, 3.8) is 0 Å². The van der Waals surface area contributed by atoms with Crippen LogP contribution in [0.5, 0.6) is 0 Å². The summed E-state index contributed by atoms with van der Waals surface area (Å²) in [6.07, 6.45) is 4.43. The van der Waals surface area contributed by atoms with Gasteiger partial charge in [0.15, 0.2) is 0 Å². The Hall–Kier alpha value is -0.570. The van der Waals surface area contributed by atoms with Crippen LogP contribution in [0.1, 0.15) is 66.7 Å². The van der Waals surface area contributed by atoms with Gasteiger partial charge in [0, 0.05) is 0 Å². The number of unbranched alkanes of at least 4 members (excludes halogenated alkanes) is 2. The highest BCUT2D eigenvalue weighted by molar-refractivity contribution is 5.75. The summed E-state index contributed by atoms with van der Waals surface area (Å²) in [5.74, 6) is -0.109. The van der Waals surface area contributed by atoms with Crippen molar-refractivity contribution in [2.75, 3.05) is 6.61 Å². The van der Waals surface area contributed by atoms with E-state index in [0.29, 0.717) is 6.61 Å². The van der Waals surface area contributed by atoms with E-state index in [9.17, 15) is 9.90 Å². The Labute approximate surface area is 106 Å². The minimum absolute atomic E-state index is 0.109. The second kappa shape index (κ2) is 7.00. The van der Waals surface area contributed by atoms with Gasteiger partial charge in [0.25, 0.3) is 0 Å². The predicted octanol–water partition coefficient (Wildman–Crippen LogP) is 3.30. The molecule has 0 spiro atoms. The molecule has 3 heteroatoms. The summed E-state index contributed by atoms with van der Waals surface area (Å²) in [6, 6.07) is 0. The molecule has 0 heterocycles. The summed E-state index contributed by atoms with van der Waals surface area (Å²) >= 11 is 0. The molecule has 0 radical (unpaired) electrons. The number of ether oxygens (including phenoxy) is 1. The van der Waals surface area contributed by atoms with E-state index >= 15 is 0 Å². The molecule has 0 aromatic carbocycles. The van der Waals surface area contributed by atoms with E-state index in [4.69, 9.17) is 4.74 Å². The zero-order chi connectivity index (χ0) is 13.5. The lowest BCUT2D eigenvalue weighted by Crippen LogP contribution is -2.26. The first-order valence-electron chi connectivity index (χ1n) is 6.58. The summed E-state index contributed by atoms with van der Waals surface area (Å²) in [4.78, 5) is 11.6. The molecule has 17 heavy (non-hydrogen) atoms. The molecule has 0 fully saturated rings. The second-order valence-electron chi connectivity index (χ2n) is 6.00. The summed E-state index contributed by atoms with van der Waals surface area (Å²) in [5, 5.41) is 9.52. The number of hydrogen-bond acceptors (Lipinski definition) is 3. The molecule has 0 bridgehead atoms. The van der Waals surface area contributed by atoms with Gasteiger partial charge in [0.2, 0.25) is 0 Å². The smallest absolute Gasteiger partial charge is 0.311 e. The third kappa shape index (κ3) is 8.19. The average molecular weight is 244 g/mol. The molecule has 0 aliphatic rings. The van der Waals surface area contributed by atoms with Gasteiger partial charge in [0.05, 0.1) is 17.6 Å². The van der Waals surface area contributed by atoms with Gasteiger partial charge in [-0.2, -0.15) is 0 Å². The van der Waals surface area contributed by atoms with Crippen molar-refractivity contribution < 1.29 is 14.6 Å². The maximum Gasteiger partial charge on any atom is 0.311 e. The van der Waals surface area contributed by atoms with Crippen molar-refractivity contribution >= 4 is 5.97 Å². The minimum Gasteiger partial charge on any atom is -0.465 e. The molecule has 102 valence electrons. The second-order valence-corrected chi connectivity index (χ2v) is 6.00. The largest absolute Gasteiger partial charge is 0.465 e. The van der Waals surface area contributed by atoms with Crippen LogP contribution in [0.15, 0.2) is 0 Å². The molecule has 0 unspecified atom stereocenters. The van der Waals surface area contributed by atoms with Gasteiger partial charge in [0.1, 0.15) is 0 Å². The summed E-state index contributed by atoms with van der Waals surface area (Å²) < 4.78 is 5.23. The first-order valence-corrected chi connectivity index (χ1v) is 6.58. The molecule has 0 saturated carbocycles. The Bertz CT molecular complexity index is 226. The normalized spacial score (nSPS) is 12.6. The summed E-state index contributed by atoms with van der Waals surface area (Å²) in [5.41, 5.74) is -0.950. The fourth-order valence-electron chi connectivity index (χ4n) is 1.34. The lowest BCUT2D eigenvalue weighted by molar-refractivity contribution is -0.154. The van der Waals surface area contributed by atoms with Crippen LogP contribution < -0.4 is 0 Å². The van der Waals surface area contributed by atoms with Gasteiger partial charge in [-0.05, 0) is 53.4 Å². The van der Waals surface area contributed by atoms with E-state index in [1.54, 1.807) is 0 Å². The van der Waals surface area contributed by atoms with E-state index in [1.807, 2.05) is 34.6 Å². The molecule has 0 aliphatic carbocycles. The molecule has 0 saturated heterocycles. The van der Waals surface area contributed by atoms with E-state index in [2.05, 4.69) is 0 Å². The van der Waals surface area contributed by atoms with Crippen LogP contribution in [0.4, 0.5) is 0 Å². The van der Waals surface area contributed by atoms with Crippen LogP contribution in [-0.2, 0) is 9.53 Å². The van der Waals surface area contributed by atoms with Gasteiger partial charge in [-0.1, -0.05) is 13.3 Å². The van der Waals surface area contributed by atoms with Gasteiger partial charge >= 0.3 is 5.97 Å². The molecule has 1 N–H and O–H groups in total. The molecular weight excluding hydrogens is 216 g/mol. The average Bonchev–Trinajstić information content (AvgIpc) is 2.21.